The number of hydrogen-bond acceptors (Lipinski definition) is 6. The highest BCUT2D eigenvalue weighted by Crippen LogP contribution is 2.32. The summed E-state index contributed by atoms with van der Waals surface area (Å²) in [7, 11) is 1.67. The van der Waals surface area contributed by atoms with Crippen molar-refractivity contribution < 1.29 is 9.53 Å². The van der Waals surface area contributed by atoms with Gasteiger partial charge < -0.3 is 19.9 Å². The van der Waals surface area contributed by atoms with Gasteiger partial charge in [-0.2, -0.15) is 5.26 Å². The number of methoxy groups -OCH3 is 1. The van der Waals surface area contributed by atoms with Crippen LogP contribution in [0.2, 0.25) is 0 Å². The SMILES string of the molecule is COc1cccc([C@H](C)Nc2cc(C(=O)N3CCC[C@H]3CN3CCCC3)c3cc(-c4ccc(C#N)cc4)ccc3n2)c1. The maximum absolute atomic E-state index is 14.4. The number of likely N-dealkylation sites (tertiary alicyclic amines) is 2. The minimum Gasteiger partial charge on any atom is -0.497 e. The quantitative estimate of drug-likeness (QED) is 0.260. The fourth-order valence-electron chi connectivity index (χ4n) is 6.32. The molecule has 1 amide bonds. The zero-order valence-electron chi connectivity index (χ0n) is 24.3. The summed E-state index contributed by atoms with van der Waals surface area (Å²) in [4.78, 5) is 23.9. The molecule has 6 rings (SSSR count). The van der Waals surface area contributed by atoms with Crippen molar-refractivity contribution >= 4 is 22.6 Å². The average molecular weight is 560 g/mol. The molecule has 0 bridgehead atoms. The van der Waals surface area contributed by atoms with Crippen molar-refractivity contribution in [2.24, 2.45) is 0 Å². The molecular weight excluding hydrogens is 522 g/mol. The first-order valence-electron chi connectivity index (χ1n) is 14.9. The molecule has 0 unspecified atom stereocenters. The van der Waals surface area contributed by atoms with Gasteiger partial charge in [-0.1, -0.05) is 30.3 Å². The van der Waals surface area contributed by atoms with Crippen LogP contribution in [0.4, 0.5) is 5.82 Å². The van der Waals surface area contributed by atoms with Crippen LogP contribution in [0.15, 0.2) is 72.8 Å². The molecule has 2 aliphatic rings. The minimum atomic E-state index is -0.0411. The third kappa shape index (κ3) is 5.81. The molecule has 2 saturated heterocycles. The lowest BCUT2D eigenvalue weighted by molar-refractivity contribution is 0.0710. The number of rotatable bonds is 8. The van der Waals surface area contributed by atoms with Gasteiger partial charge in [0.15, 0.2) is 0 Å². The Labute approximate surface area is 247 Å². The summed E-state index contributed by atoms with van der Waals surface area (Å²) in [5.74, 6) is 1.54. The van der Waals surface area contributed by atoms with Crippen molar-refractivity contribution in [1.29, 1.82) is 5.26 Å². The molecule has 1 aromatic heterocycles. The first-order chi connectivity index (χ1) is 20.5. The van der Waals surface area contributed by atoms with Crippen LogP contribution in [0, 0.1) is 11.3 Å². The van der Waals surface area contributed by atoms with E-state index in [1.54, 1.807) is 7.11 Å². The van der Waals surface area contributed by atoms with Crippen molar-refractivity contribution in [3.8, 4) is 22.9 Å². The smallest absolute Gasteiger partial charge is 0.254 e. The molecule has 0 saturated carbocycles. The largest absolute Gasteiger partial charge is 0.497 e. The Balaban J connectivity index is 1.38. The van der Waals surface area contributed by atoms with E-state index >= 15 is 0 Å². The molecule has 3 heterocycles. The van der Waals surface area contributed by atoms with Gasteiger partial charge in [0.05, 0.1) is 35.9 Å². The van der Waals surface area contributed by atoms with E-state index in [0.717, 1.165) is 72.4 Å². The Kier molecular flexibility index (Phi) is 8.07. The number of ether oxygens (including phenoxy) is 1. The number of pyridine rings is 1. The molecule has 2 atom stereocenters. The van der Waals surface area contributed by atoms with Crippen LogP contribution in [0.25, 0.3) is 22.0 Å². The molecule has 7 heteroatoms. The fourth-order valence-corrected chi connectivity index (χ4v) is 6.32. The Morgan fingerprint density at radius 2 is 1.81 bits per heavy atom. The molecule has 42 heavy (non-hydrogen) atoms. The molecule has 2 aliphatic heterocycles. The average Bonchev–Trinajstić information content (AvgIpc) is 3.73. The van der Waals surface area contributed by atoms with Crippen molar-refractivity contribution in [3.05, 3.63) is 89.5 Å². The zero-order valence-corrected chi connectivity index (χ0v) is 24.3. The molecule has 4 aromatic rings. The Bertz CT molecular complexity index is 1620. The summed E-state index contributed by atoms with van der Waals surface area (Å²) in [6.45, 7) is 6.06. The van der Waals surface area contributed by atoms with Gasteiger partial charge in [0.25, 0.3) is 5.91 Å². The van der Waals surface area contributed by atoms with Gasteiger partial charge in [0.1, 0.15) is 11.6 Å². The molecule has 0 radical (unpaired) electrons. The molecule has 2 fully saturated rings. The minimum absolute atomic E-state index is 0.0411. The first-order valence-corrected chi connectivity index (χ1v) is 14.9. The maximum Gasteiger partial charge on any atom is 0.254 e. The van der Waals surface area contributed by atoms with Crippen LogP contribution in [0.3, 0.4) is 0 Å². The molecule has 7 nitrogen and oxygen atoms in total. The number of nitrogens with one attached hydrogen (secondary N) is 1. The highest BCUT2D eigenvalue weighted by atomic mass is 16.5. The van der Waals surface area contributed by atoms with Gasteiger partial charge in [-0.25, -0.2) is 4.98 Å². The lowest BCUT2D eigenvalue weighted by Crippen LogP contribution is -2.42. The number of nitriles is 1. The number of benzene rings is 3. The van der Waals surface area contributed by atoms with Crippen molar-refractivity contribution in [2.75, 3.05) is 38.6 Å². The second-order valence-electron chi connectivity index (χ2n) is 11.4. The van der Waals surface area contributed by atoms with E-state index < -0.39 is 0 Å². The van der Waals surface area contributed by atoms with Gasteiger partial charge in [-0.15, -0.1) is 0 Å². The Hall–Kier alpha value is -4.41. The topological polar surface area (TPSA) is 81.5 Å². The molecule has 0 aliphatic carbocycles. The predicted octanol–water partition coefficient (Wildman–Crippen LogP) is 6.66. The van der Waals surface area contributed by atoms with E-state index in [1.807, 2.05) is 60.7 Å². The van der Waals surface area contributed by atoms with Gasteiger partial charge >= 0.3 is 0 Å². The first kappa shape index (κ1) is 27.7. The van der Waals surface area contributed by atoms with Gasteiger partial charge in [0, 0.05) is 24.5 Å². The van der Waals surface area contributed by atoms with E-state index in [2.05, 4.69) is 40.2 Å². The van der Waals surface area contributed by atoms with E-state index in [1.165, 1.54) is 12.8 Å². The summed E-state index contributed by atoms with van der Waals surface area (Å²) < 4.78 is 5.43. The molecule has 0 spiro atoms. The highest BCUT2D eigenvalue weighted by molar-refractivity contribution is 6.08. The van der Waals surface area contributed by atoms with E-state index in [9.17, 15) is 10.1 Å². The number of aromatic nitrogens is 1. The van der Waals surface area contributed by atoms with Crippen LogP contribution in [-0.2, 0) is 0 Å². The second kappa shape index (κ2) is 12.2. The van der Waals surface area contributed by atoms with Crippen molar-refractivity contribution in [2.45, 2.75) is 44.7 Å². The predicted molar refractivity (Wildman–Crippen MR) is 167 cm³/mol. The van der Waals surface area contributed by atoms with Crippen molar-refractivity contribution in [1.82, 2.24) is 14.8 Å². The van der Waals surface area contributed by atoms with Gasteiger partial charge in [-0.3, -0.25) is 4.79 Å². The number of fused-ring (bicyclic) bond motifs is 1. The zero-order chi connectivity index (χ0) is 29.1. The number of anilines is 1. The lowest BCUT2D eigenvalue weighted by atomic mass is 9.99. The van der Waals surface area contributed by atoms with Crippen LogP contribution >= 0.6 is 0 Å². The fraction of sp³-hybridized carbons (Fsp3) is 0.343. The summed E-state index contributed by atoms with van der Waals surface area (Å²) in [6.07, 6.45) is 4.56. The monoisotopic (exact) mass is 559 g/mol. The van der Waals surface area contributed by atoms with Crippen LogP contribution in [0.5, 0.6) is 5.75 Å². The standard InChI is InChI=1S/C35H37N5O2/c1-24(27-7-5-9-30(19-27)42-2)37-34-21-32(35(41)40-18-6-8-29(40)23-39-16-3-4-17-39)31-20-28(14-15-33(31)38-34)26-12-10-25(22-36)11-13-26/h5,7,9-15,19-21,24,29H,3-4,6,8,16-18,23H2,1-2H3,(H,37,38)/t24-,29-/m0/s1. The van der Waals surface area contributed by atoms with E-state index in [0.29, 0.717) is 16.9 Å². The summed E-state index contributed by atoms with van der Waals surface area (Å²) in [5, 5.41) is 13.6. The molecule has 1 N–H and O–H groups in total. The third-order valence-electron chi connectivity index (χ3n) is 8.65. The van der Waals surface area contributed by atoms with Gasteiger partial charge in [-0.05, 0) is 105 Å². The van der Waals surface area contributed by atoms with E-state index in [4.69, 9.17) is 9.72 Å². The molecular formula is C35H37N5O2. The van der Waals surface area contributed by atoms with Crippen LogP contribution in [-0.4, -0.2) is 60.0 Å². The van der Waals surface area contributed by atoms with Crippen LogP contribution < -0.4 is 10.1 Å². The maximum atomic E-state index is 14.4. The lowest BCUT2D eigenvalue weighted by Gasteiger charge is -2.29. The highest BCUT2D eigenvalue weighted by Gasteiger charge is 2.32. The van der Waals surface area contributed by atoms with Crippen LogP contribution in [0.1, 0.15) is 60.1 Å². The summed E-state index contributed by atoms with van der Waals surface area (Å²) in [5.41, 5.74) is 5.12. The normalized spacial score (nSPS) is 17.7. The summed E-state index contributed by atoms with van der Waals surface area (Å²) in [6, 6.07) is 25.9. The van der Waals surface area contributed by atoms with E-state index in [-0.39, 0.29) is 18.0 Å². The second-order valence-corrected chi connectivity index (χ2v) is 11.4. The Morgan fingerprint density at radius 3 is 2.57 bits per heavy atom. The molecule has 3 aromatic carbocycles. The third-order valence-corrected chi connectivity index (χ3v) is 8.65. The van der Waals surface area contributed by atoms with Crippen molar-refractivity contribution in [3.63, 3.8) is 0 Å². The number of amides is 1. The number of carbonyl (C=O) groups excluding carboxylic acids is 1. The molecule has 214 valence electrons. The number of nitrogens with zero attached hydrogens (tertiary/aromatic N) is 4. The number of hydrogen-bond donors (Lipinski definition) is 1. The number of carbonyl (C=O) groups is 1. The van der Waals surface area contributed by atoms with Gasteiger partial charge in [0.2, 0.25) is 0 Å². The Morgan fingerprint density at radius 1 is 1.02 bits per heavy atom. The summed E-state index contributed by atoms with van der Waals surface area (Å²) >= 11 is 0.